The average Bonchev–Trinajstić information content (AvgIpc) is 3.64. The normalized spacial score (nSPS) is 25.1. The van der Waals surface area contributed by atoms with Gasteiger partial charge in [0.05, 0.1) is 5.69 Å². The van der Waals surface area contributed by atoms with E-state index in [1.807, 2.05) is 6.07 Å². The van der Waals surface area contributed by atoms with E-state index in [0.717, 1.165) is 56.8 Å². The molecule has 10 heteroatoms. The zero-order chi connectivity index (χ0) is 25.4. The molecule has 4 N–H and O–H groups in total. The van der Waals surface area contributed by atoms with Gasteiger partial charge in [0.15, 0.2) is 0 Å². The molecule has 2 amide bonds. The maximum atomic E-state index is 12.8. The Morgan fingerprint density at radius 3 is 2.61 bits per heavy atom. The summed E-state index contributed by atoms with van der Waals surface area (Å²) in [6, 6.07) is 9.42. The minimum atomic E-state index is -0.389. The van der Waals surface area contributed by atoms with Gasteiger partial charge in [-0.05, 0) is 86.6 Å². The number of urea groups is 1. The lowest BCUT2D eigenvalue weighted by Gasteiger charge is -2.39. The standard InChI is InChI=1S/C28H39N7O2.ClH/c29-22-5-8-25(17-22)35(18-19-1-2-19)24-7-4-20-15-23(6-3-21(20)16-24)34-12-9-26(32-28(34)37)31-27(36)33-13-10-30-11-14-33;/h3,6,9,12,15,19,22,24-25,30H,1-2,4-5,7-8,10-11,13-14,16-18,29H2,(H,31,32,36,37);1H/t22-,24?,25-;/m0./s1. The molecule has 1 saturated heterocycles. The number of anilines is 1. The maximum Gasteiger partial charge on any atom is 0.354 e. The molecule has 1 unspecified atom stereocenters. The monoisotopic (exact) mass is 541 g/mol. The van der Waals surface area contributed by atoms with E-state index in [1.165, 1.54) is 36.9 Å². The summed E-state index contributed by atoms with van der Waals surface area (Å²) in [5.74, 6) is 1.16. The number of piperazine rings is 1. The molecule has 1 aromatic heterocycles. The van der Waals surface area contributed by atoms with Crippen LogP contribution in [0.2, 0.25) is 0 Å². The zero-order valence-corrected chi connectivity index (χ0v) is 22.8. The molecule has 206 valence electrons. The average molecular weight is 542 g/mol. The Balaban J connectivity index is 0.00000294. The molecule has 6 rings (SSSR count). The Morgan fingerprint density at radius 2 is 1.89 bits per heavy atom. The third-order valence-electron chi connectivity index (χ3n) is 8.66. The molecule has 2 aromatic rings. The number of carbonyl (C=O) groups excluding carboxylic acids is 1. The van der Waals surface area contributed by atoms with Crippen LogP contribution in [0.25, 0.3) is 5.69 Å². The zero-order valence-electron chi connectivity index (χ0n) is 22.0. The van der Waals surface area contributed by atoms with E-state index >= 15 is 0 Å². The number of hydrogen-bond donors (Lipinski definition) is 3. The van der Waals surface area contributed by atoms with Crippen molar-refractivity contribution in [1.82, 2.24) is 24.7 Å². The number of benzene rings is 1. The van der Waals surface area contributed by atoms with Crippen LogP contribution in [0.3, 0.4) is 0 Å². The number of rotatable bonds is 6. The minimum absolute atomic E-state index is 0. The number of nitrogens with two attached hydrogens (primary N) is 1. The molecule has 4 aliphatic rings. The van der Waals surface area contributed by atoms with Crippen LogP contribution in [0, 0.1) is 5.92 Å². The van der Waals surface area contributed by atoms with Gasteiger partial charge in [-0.2, -0.15) is 4.98 Å². The van der Waals surface area contributed by atoms with E-state index in [1.54, 1.807) is 21.7 Å². The van der Waals surface area contributed by atoms with Crippen molar-refractivity contribution in [3.63, 3.8) is 0 Å². The van der Waals surface area contributed by atoms with Gasteiger partial charge in [0.25, 0.3) is 0 Å². The molecular weight excluding hydrogens is 502 g/mol. The lowest BCUT2D eigenvalue weighted by atomic mass is 9.86. The third-order valence-corrected chi connectivity index (χ3v) is 8.66. The summed E-state index contributed by atoms with van der Waals surface area (Å²) in [4.78, 5) is 34.0. The highest BCUT2D eigenvalue weighted by molar-refractivity contribution is 5.88. The first-order valence-electron chi connectivity index (χ1n) is 14.0. The number of fused-ring (bicyclic) bond motifs is 1. The number of aromatic nitrogens is 2. The van der Waals surface area contributed by atoms with E-state index in [4.69, 9.17) is 5.73 Å². The Bertz CT molecular complexity index is 1190. The summed E-state index contributed by atoms with van der Waals surface area (Å²) in [5.41, 5.74) is 9.44. The largest absolute Gasteiger partial charge is 0.354 e. The van der Waals surface area contributed by atoms with Crippen molar-refractivity contribution in [2.24, 2.45) is 11.7 Å². The van der Waals surface area contributed by atoms with E-state index < -0.39 is 0 Å². The highest BCUT2D eigenvalue weighted by Crippen LogP contribution is 2.36. The lowest BCUT2D eigenvalue weighted by Crippen LogP contribution is -2.48. The Labute approximate surface area is 230 Å². The van der Waals surface area contributed by atoms with Crippen LogP contribution in [0.1, 0.15) is 49.7 Å². The molecule has 1 aromatic carbocycles. The first-order chi connectivity index (χ1) is 18.0. The number of hydrogen-bond acceptors (Lipinski definition) is 6. The summed E-state index contributed by atoms with van der Waals surface area (Å²) in [6.45, 7) is 4.06. The van der Waals surface area contributed by atoms with Crippen molar-refractivity contribution < 1.29 is 4.79 Å². The SMILES string of the molecule is Cl.N[C@H]1CC[C@H](N(CC2CC2)C2CCc3cc(-n4ccc(NC(=O)N5CCNCC5)nc4=O)ccc3C2)C1. The van der Waals surface area contributed by atoms with Gasteiger partial charge in [0.2, 0.25) is 0 Å². The predicted molar refractivity (Wildman–Crippen MR) is 151 cm³/mol. The van der Waals surface area contributed by atoms with E-state index in [2.05, 4.69) is 32.7 Å². The van der Waals surface area contributed by atoms with Crippen LogP contribution in [-0.2, 0) is 12.8 Å². The molecule has 0 radical (unpaired) electrons. The molecule has 38 heavy (non-hydrogen) atoms. The predicted octanol–water partition coefficient (Wildman–Crippen LogP) is 2.54. The molecule has 2 saturated carbocycles. The van der Waals surface area contributed by atoms with Gasteiger partial charge in [-0.1, -0.05) is 6.07 Å². The second-order valence-electron chi connectivity index (χ2n) is 11.3. The molecule has 3 fully saturated rings. The van der Waals surface area contributed by atoms with Crippen LogP contribution in [0.15, 0.2) is 35.3 Å². The number of nitrogens with zero attached hydrogens (tertiary/aromatic N) is 4. The van der Waals surface area contributed by atoms with Crippen molar-refractivity contribution in [2.75, 3.05) is 38.0 Å². The Morgan fingerprint density at radius 1 is 1.08 bits per heavy atom. The van der Waals surface area contributed by atoms with E-state index in [-0.39, 0.29) is 29.9 Å². The van der Waals surface area contributed by atoms with Crippen LogP contribution >= 0.6 is 12.4 Å². The van der Waals surface area contributed by atoms with Crippen molar-refractivity contribution in [3.8, 4) is 5.69 Å². The smallest absolute Gasteiger partial charge is 0.328 e. The molecule has 1 aliphatic heterocycles. The Hall–Kier alpha value is -2.46. The first-order valence-corrected chi connectivity index (χ1v) is 14.0. The van der Waals surface area contributed by atoms with Gasteiger partial charge in [0.1, 0.15) is 5.82 Å². The second kappa shape index (κ2) is 11.7. The van der Waals surface area contributed by atoms with Gasteiger partial charge in [-0.3, -0.25) is 14.8 Å². The van der Waals surface area contributed by atoms with Crippen molar-refractivity contribution in [1.29, 1.82) is 0 Å². The lowest BCUT2D eigenvalue weighted by molar-refractivity contribution is 0.116. The van der Waals surface area contributed by atoms with E-state index in [9.17, 15) is 9.59 Å². The van der Waals surface area contributed by atoms with Gasteiger partial charge in [-0.25, -0.2) is 9.59 Å². The molecular formula is C28H40ClN7O2. The van der Waals surface area contributed by atoms with Crippen molar-refractivity contribution in [3.05, 3.63) is 52.1 Å². The highest BCUT2D eigenvalue weighted by Gasteiger charge is 2.36. The summed E-state index contributed by atoms with van der Waals surface area (Å²) in [5, 5.41) is 5.99. The van der Waals surface area contributed by atoms with Gasteiger partial charge in [0, 0.05) is 57.0 Å². The number of aryl methyl sites for hydroxylation is 1. The molecule has 3 aliphatic carbocycles. The highest BCUT2D eigenvalue weighted by atomic mass is 35.5. The third kappa shape index (κ3) is 6.06. The van der Waals surface area contributed by atoms with E-state index in [0.29, 0.717) is 31.2 Å². The fourth-order valence-corrected chi connectivity index (χ4v) is 6.37. The molecule has 0 bridgehead atoms. The topological polar surface area (TPSA) is 109 Å². The number of nitrogens with one attached hydrogen (secondary N) is 2. The van der Waals surface area contributed by atoms with Crippen molar-refractivity contribution >= 4 is 24.3 Å². The number of amides is 2. The molecule has 9 nitrogen and oxygen atoms in total. The first kappa shape index (κ1) is 27.1. The molecule has 2 heterocycles. The summed E-state index contributed by atoms with van der Waals surface area (Å²) < 4.78 is 1.56. The quantitative estimate of drug-likeness (QED) is 0.518. The minimum Gasteiger partial charge on any atom is -0.328 e. The fourth-order valence-electron chi connectivity index (χ4n) is 6.37. The number of halogens is 1. The Kier molecular flexibility index (Phi) is 8.38. The fraction of sp³-hybridized carbons (Fsp3) is 0.607. The van der Waals surface area contributed by atoms with Crippen LogP contribution in [0.5, 0.6) is 0 Å². The maximum absolute atomic E-state index is 12.8. The van der Waals surface area contributed by atoms with Gasteiger partial charge in [-0.15, -0.1) is 12.4 Å². The summed E-state index contributed by atoms with van der Waals surface area (Å²) in [6.07, 6.45) is 11.2. The summed E-state index contributed by atoms with van der Waals surface area (Å²) >= 11 is 0. The second-order valence-corrected chi connectivity index (χ2v) is 11.3. The van der Waals surface area contributed by atoms with Gasteiger partial charge < -0.3 is 16.0 Å². The number of carbonyl (C=O) groups is 1. The van der Waals surface area contributed by atoms with Crippen LogP contribution in [-0.4, -0.2) is 76.2 Å². The van der Waals surface area contributed by atoms with Crippen LogP contribution in [0.4, 0.5) is 10.6 Å². The summed E-state index contributed by atoms with van der Waals surface area (Å²) in [7, 11) is 0. The molecule has 3 atom stereocenters. The van der Waals surface area contributed by atoms with Crippen LogP contribution < -0.4 is 22.1 Å². The van der Waals surface area contributed by atoms with Gasteiger partial charge >= 0.3 is 11.7 Å². The molecule has 0 spiro atoms. The van der Waals surface area contributed by atoms with Crippen molar-refractivity contribution in [2.45, 2.75) is 69.5 Å².